The molecule has 0 saturated carbocycles. The van der Waals surface area contributed by atoms with E-state index in [9.17, 15) is 0 Å². The van der Waals surface area contributed by atoms with Crippen LogP contribution in [0.5, 0.6) is 5.75 Å². The maximum Gasteiger partial charge on any atom is 0.154 e. The second kappa shape index (κ2) is 8.14. The number of nitrogens with zero attached hydrogens (tertiary/aromatic N) is 4. The highest BCUT2D eigenvalue weighted by atomic mass is 16.5. The van der Waals surface area contributed by atoms with Crippen LogP contribution in [0.4, 0.5) is 0 Å². The van der Waals surface area contributed by atoms with Crippen LogP contribution in [0, 0.1) is 6.92 Å². The van der Waals surface area contributed by atoms with E-state index in [1.807, 2.05) is 66.2 Å². The normalized spacial score (nSPS) is 12.4. The Morgan fingerprint density at radius 2 is 1.90 bits per heavy atom. The zero-order chi connectivity index (χ0) is 20.2. The molecule has 6 heteroatoms. The first-order valence-corrected chi connectivity index (χ1v) is 9.48. The summed E-state index contributed by atoms with van der Waals surface area (Å²) in [5.41, 5.74) is 4.12. The highest BCUT2D eigenvalue weighted by molar-refractivity contribution is 5.69. The summed E-state index contributed by atoms with van der Waals surface area (Å²) in [5, 5.41) is 8.56. The first kappa shape index (κ1) is 18.7. The summed E-state index contributed by atoms with van der Waals surface area (Å²) in [4.78, 5) is 7.58. The molecule has 146 valence electrons. The van der Waals surface area contributed by atoms with Crippen molar-refractivity contribution in [2.24, 2.45) is 0 Å². The van der Waals surface area contributed by atoms with Crippen LogP contribution in [0.1, 0.15) is 41.3 Å². The zero-order valence-corrected chi connectivity index (χ0v) is 16.7. The molecule has 2 aromatic carbocycles. The molecule has 0 spiro atoms. The van der Waals surface area contributed by atoms with Crippen molar-refractivity contribution >= 4 is 12.2 Å². The highest BCUT2D eigenvalue weighted by Crippen LogP contribution is 2.25. The average molecular weight is 385 g/mol. The van der Waals surface area contributed by atoms with Gasteiger partial charge in [-0.25, -0.2) is 4.98 Å². The SMILES string of the molecule is COc1cc(C=Cc2nnc([C@@H](C)c3ccccc3)[nH]2)ccc1-n1cnc(C)c1. The van der Waals surface area contributed by atoms with Crippen molar-refractivity contribution in [3.05, 3.63) is 89.5 Å². The summed E-state index contributed by atoms with van der Waals surface area (Å²) in [6, 6.07) is 16.3. The Hall–Kier alpha value is -3.67. The Kier molecular flexibility index (Phi) is 5.24. The fourth-order valence-electron chi connectivity index (χ4n) is 3.20. The molecule has 0 aliphatic heterocycles. The van der Waals surface area contributed by atoms with Gasteiger partial charge in [-0.1, -0.05) is 49.4 Å². The number of hydrogen-bond donors (Lipinski definition) is 1. The lowest BCUT2D eigenvalue weighted by Crippen LogP contribution is -1.98. The third kappa shape index (κ3) is 4.11. The van der Waals surface area contributed by atoms with Gasteiger partial charge in [-0.05, 0) is 36.3 Å². The van der Waals surface area contributed by atoms with Crippen LogP contribution in [-0.2, 0) is 0 Å². The maximum atomic E-state index is 5.57. The molecule has 0 aliphatic rings. The van der Waals surface area contributed by atoms with Gasteiger partial charge in [-0.15, -0.1) is 10.2 Å². The largest absolute Gasteiger partial charge is 0.495 e. The molecular weight excluding hydrogens is 362 g/mol. The number of rotatable bonds is 6. The number of aromatic amines is 1. The predicted octanol–water partition coefficient (Wildman–Crippen LogP) is 4.63. The van der Waals surface area contributed by atoms with Crippen LogP contribution >= 0.6 is 0 Å². The van der Waals surface area contributed by atoms with Crippen molar-refractivity contribution in [3.8, 4) is 11.4 Å². The lowest BCUT2D eigenvalue weighted by atomic mass is 10.0. The number of ether oxygens (including phenoxy) is 1. The third-order valence-corrected chi connectivity index (χ3v) is 4.86. The topological polar surface area (TPSA) is 68.6 Å². The minimum Gasteiger partial charge on any atom is -0.495 e. The van der Waals surface area contributed by atoms with Gasteiger partial charge < -0.3 is 14.3 Å². The summed E-state index contributed by atoms with van der Waals surface area (Å²) in [5.74, 6) is 2.50. The van der Waals surface area contributed by atoms with Crippen LogP contribution in [0.3, 0.4) is 0 Å². The summed E-state index contributed by atoms with van der Waals surface area (Å²) in [6.45, 7) is 4.08. The summed E-state index contributed by atoms with van der Waals surface area (Å²) >= 11 is 0. The Morgan fingerprint density at radius 1 is 1.07 bits per heavy atom. The van der Waals surface area contributed by atoms with E-state index < -0.39 is 0 Å². The van der Waals surface area contributed by atoms with Gasteiger partial charge >= 0.3 is 0 Å². The van der Waals surface area contributed by atoms with Gasteiger partial charge in [0.25, 0.3) is 0 Å². The van der Waals surface area contributed by atoms with E-state index in [0.29, 0.717) is 0 Å². The van der Waals surface area contributed by atoms with Crippen LogP contribution < -0.4 is 4.74 Å². The second-order valence-corrected chi connectivity index (χ2v) is 6.91. The molecule has 2 heterocycles. The minimum atomic E-state index is 0.156. The van der Waals surface area contributed by atoms with E-state index in [0.717, 1.165) is 34.3 Å². The number of imidazole rings is 1. The molecule has 0 amide bonds. The monoisotopic (exact) mass is 385 g/mol. The maximum absolute atomic E-state index is 5.57. The Morgan fingerprint density at radius 3 is 2.62 bits per heavy atom. The standard InChI is InChI=1S/C23H23N5O/c1-16-14-28(15-24-16)20-11-9-18(13-21(20)29-3)10-12-22-25-23(27-26-22)17(2)19-7-5-4-6-8-19/h4-15,17H,1-3H3,(H,25,26,27)/t17-/m0/s1. The molecule has 0 aliphatic carbocycles. The van der Waals surface area contributed by atoms with E-state index >= 15 is 0 Å². The first-order chi connectivity index (χ1) is 14.1. The van der Waals surface area contributed by atoms with Crippen molar-refractivity contribution in [2.45, 2.75) is 19.8 Å². The average Bonchev–Trinajstić information content (AvgIpc) is 3.41. The number of hydrogen-bond acceptors (Lipinski definition) is 4. The molecular formula is C23H23N5O. The van der Waals surface area contributed by atoms with Gasteiger partial charge in [0.05, 0.1) is 24.8 Å². The molecule has 4 aromatic rings. The van der Waals surface area contributed by atoms with Crippen molar-refractivity contribution < 1.29 is 4.74 Å². The number of aromatic nitrogens is 5. The lowest BCUT2D eigenvalue weighted by Gasteiger charge is -2.09. The first-order valence-electron chi connectivity index (χ1n) is 9.48. The van der Waals surface area contributed by atoms with Crippen LogP contribution in [0.25, 0.3) is 17.8 Å². The fourth-order valence-corrected chi connectivity index (χ4v) is 3.20. The summed E-state index contributed by atoms with van der Waals surface area (Å²) in [7, 11) is 1.67. The van der Waals surface area contributed by atoms with Gasteiger partial charge in [0.15, 0.2) is 5.82 Å². The number of H-pyrrole nitrogens is 1. The molecule has 1 atom stereocenters. The number of benzene rings is 2. The fraction of sp³-hybridized carbons (Fsp3) is 0.174. The smallest absolute Gasteiger partial charge is 0.154 e. The third-order valence-electron chi connectivity index (χ3n) is 4.86. The van der Waals surface area contributed by atoms with E-state index in [4.69, 9.17) is 4.74 Å². The molecule has 1 N–H and O–H groups in total. The molecule has 4 rings (SSSR count). The van der Waals surface area contributed by atoms with Gasteiger partial charge in [0.1, 0.15) is 11.6 Å². The predicted molar refractivity (Wildman–Crippen MR) is 114 cm³/mol. The highest BCUT2D eigenvalue weighted by Gasteiger charge is 2.12. The molecule has 0 saturated heterocycles. The Labute approximate surface area is 169 Å². The molecule has 0 fully saturated rings. The van der Waals surface area contributed by atoms with Crippen molar-refractivity contribution in [2.75, 3.05) is 7.11 Å². The van der Waals surface area contributed by atoms with E-state index in [1.54, 1.807) is 13.4 Å². The van der Waals surface area contributed by atoms with Crippen LogP contribution in [0.2, 0.25) is 0 Å². The number of methoxy groups -OCH3 is 1. The molecule has 0 unspecified atom stereocenters. The lowest BCUT2D eigenvalue weighted by molar-refractivity contribution is 0.413. The molecule has 29 heavy (non-hydrogen) atoms. The van der Waals surface area contributed by atoms with Crippen molar-refractivity contribution in [3.63, 3.8) is 0 Å². The van der Waals surface area contributed by atoms with Crippen LogP contribution in [-0.4, -0.2) is 31.8 Å². The van der Waals surface area contributed by atoms with Gasteiger partial charge in [0.2, 0.25) is 0 Å². The van der Waals surface area contributed by atoms with Gasteiger partial charge in [-0.3, -0.25) is 0 Å². The number of aryl methyl sites for hydroxylation is 1. The summed E-state index contributed by atoms with van der Waals surface area (Å²) < 4.78 is 7.52. The Bertz CT molecular complexity index is 1130. The van der Waals surface area contributed by atoms with Crippen molar-refractivity contribution in [1.82, 2.24) is 24.7 Å². The van der Waals surface area contributed by atoms with Crippen molar-refractivity contribution in [1.29, 1.82) is 0 Å². The van der Waals surface area contributed by atoms with E-state index in [2.05, 4.69) is 39.2 Å². The zero-order valence-electron chi connectivity index (χ0n) is 16.7. The Balaban J connectivity index is 1.53. The quantitative estimate of drug-likeness (QED) is 0.525. The second-order valence-electron chi connectivity index (χ2n) is 6.91. The van der Waals surface area contributed by atoms with E-state index in [1.165, 1.54) is 5.56 Å². The van der Waals surface area contributed by atoms with E-state index in [-0.39, 0.29) is 5.92 Å². The molecule has 0 bridgehead atoms. The minimum absolute atomic E-state index is 0.156. The van der Waals surface area contributed by atoms with Crippen LogP contribution in [0.15, 0.2) is 61.1 Å². The molecule has 6 nitrogen and oxygen atoms in total. The summed E-state index contributed by atoms with van der Waals surface area (Å²) in [6.07, 6.45) is 7.66. The van der Waals surface area contributed by atoms with Gasteiger partial charge in [-0.2, -0.15) is 0 Å². The van der Waals surface area contributed by atoms with Gasteiger partial charge in [0, 0.05) is 12.1 Å². The number of nitrogens with one attached hydrogen (secondary N) is 1. The molecule has 0 radical (unpaired) electrons. The molecule has 2 aromatic heterocycles.